The third-order valence-corrected chi connectivity index (χ3v) is 4.87. The molecule has 0 spiro atoms. The van der Waals surface area contributed by atoms with Crippen molar-refractivity contribution >= 4 is 41.0 Å². The number of amides is 1. The zero-order valence-corrected chi connectivity index (χ0v) is 18.6. The molecule has 0 aliphatic heterocycles. The van der Waals surface area contributed by atoms with E-state index in [4.69, 9.17) is 32.7 Å². The first-order valence-corrected chi connectivity index (χ1v) is 10.3. The topological polar surface area (TPSA) is 72.0 Å². The van der Waals surface area contributed by atoms with E-state index in [-0.39, 0.29) is 24.9 Å². The Morgan fingerprint density at radius 2 is 1.84 bits per heavy atom. The molecule has 0 aliphatic carbocycles. The van der Waals surface area contributed by atoms with Crippen LogP contribution in [0, 0.1) is 5.82 Å². The molecule has 3 rings (SSSR count). The monoisotopic (exact) mass is 475 g/mol. The molecule has 6 nitrogen and oxygen atoms in total. The SMILES string of the molecule is COc1cc(/C=N\NC(=O)CNc2ccc(F)cc2)ccc1OCc1ccc(Cl)cc1Cl. The number of hydrogen-bond donors (Lipinski definition) is 2. The van der Waals surface area contributed by atoms with E-state index in [1.165, 1.54) is 25.5 Å². The lowest BCUT2D eigenvalue weighted by Gasteiger charge is -2.12. The first-order valence-electron chi connectivity index (χ1n) is 9.50. The fourth-order valence-electron chi connectivity index (χ4n) is 2.65. The molecule has 0 saturated carbocycles. The van der Waals surface area contributed by atoms with Crippen molar-refractivity contribution in [1.82, 2.24) is 5.43 Å². The van der Waals surface area contributed by atoms with Crippen LogP contribution in [0.25, 0.3) is 0 Å². The van der Waals surface area contributed by atoms with Gasteiger partial charge in [0.1, 0.15) is 12.4 Å². The van der Waals surface area contributed by atoms with E-state index in [1.807, 2.05) is 0 Å². The maximum atomic E-state index is 12.9. The summed E-state index contributed by atoms with van der Waals surface area (Å²) in [6.07, 6.45) is 1.48. The average molecular weight is 476 g/mol. The Kier molecular flexibility index (Phi) is 8.30. The van der Waals surface area contributed by atoms with Gasteiger partial charge in [0.15, 0.2) is 11.5 Å². The molecule has 0 atom stereocenters. The number of methoxy groups -OCH3 is 1. The predicted octanol–water partition coefficient (Wildman–Crippen LogP) is 5.28. The third kappa shape index (κ3) is 6.87. The van der Waals surface area contributed by atoms with E-state index < -0.39 is 0 Å². The van der Waals surface area contributed by atoms with Crippen molar-refractivity contribution in [2.45, 2.75) is 6.61 Å². The van der Waals surface area contributed by atoms with Crippen molar-refractivity contribution in [2.24, 2.45) is 5.10 Å². The Hall–Kier alpha value is -3.29. The molecule has 3 aromatic rings. The van der Waals surface area contributed by atoms with Crippen LogP contribution in [0.5, 0.6) is 11.5 Å². The van der Waals surface area contributed by atoms with Crippen molar-refractivity contribution < 1.29 is 18.7 Å². The zero-order chi connectivity index (χ0) is 22.9. The highest BCUT2D eigenvalue weighted by atomic mass is 35.5. The molecule has 0 fully saturated rings. The summed E-state index contributed by atoms with van der Waals surface area (Å²) in [4.78, 5) is 11.9. The Morgan fingerprint density at radius 3 is 2.56 bits per heavy atom. The average Bonchev–Trinajstić information content (AvgIpc) is 2.78. The molecule has 2 N–H and O–H groups in total. The number of ether oxygens (including phenoxy) is 2. The minimum absolute atomic E-state index is 0.00761. The molecule has 0 saturated heterocycles. The summed E-state index contributed by atoms with van der Waals surface area (Å²) in [5.41, 5.74) is 4.54. The molecule has 1 amide bonds. The highest BCUT2D eigenvalue weighted by Crippen LogP contribution is 2.29. The maximum absolute atomic E-state index is 12.9. The van der Waals surface area contributed by atoms with E-state index in [9.17, 15) is 9.18 Å². The van der Waals surface area contributed by atoms with E-state index in [0.717, 1.165) is 5.56 Å². The van der Waals surface area contributed by atoms with Gasteiger partial charge >= 0.3 is 0 Å². The predicted molar refractivity (Wildman–Crippen MR) is 124 cm³/mol. The van der Waals surface area contributed by atoms with Gasteiger partial charge in [-0.25, -0.2) is 9.82 Å². The van der Waals surface area contributed by atoms with Gasteiger partial charge in [0.25, 0.3) is 5.91 Å². The van der Waals surface area contributed by atoms with Gasteiger partial charge in [-0.1, -0.05) is 29.3 Å². The van der Waals surface area contributed by atoms with Crippen LogP contribution in [0.4, 0.5) is 10.1 Å². The lowest BCUT2D eigenvalue weighted by atomic mass is 10.2. The van der Waals surface area contributed by atoms with Crippen LogP contribution in [0.3, 0.4) is 0 Å². The number of benzene rings is 3. The van der Waals surface area contributed by atoms with Gasteiger partial charge < -0.3 is 14.8 Å². The van der Waals surface area contributed by atoms with Gasteiger partial charge in [-0.2, -0.15) is 5.10 Å². The molecule has 166 valence electrons. The zero-order valence-electron chi connectivity index (χ0n) is 17.1. The maximum Gasteiger partial charge on any atom is 0.259 e. The van der Waals surface area contributed by atoms with Gasteiger partial charge in [-0.3, -0.25) is 4.79 Å². The normalized spacial score (nSPS) is 10.8. The van der Waals surface area contributed by atoms with Gasteiger partial charge in [0.05, 0.1) is 19.9 Å². The largest absolute Gasteiger partial charge is 0.493 e. The molecular formula is C23H20Cl2FN3O3. The van der Waals surface area contributed by atoms with E-state index in [0.29, 0.717) is 32.8 Å². The molecule has 0 radical (unpaired) electrons. The minimum Gasteiger partial charge on any atom is -0.493 e. The number of carbonyl (C=O) groups is 1. The summed E-state index contributed by atoms with van der Waals surface area (Å²) in [6.45, 7) is 0.239. The smallest absolute Gasteiger partial charge is 0.259 e. The summed E-state index contributed by atoms with van der Waals surface area (Å²) in [7, 11) is 1.53. The molecular weight excluding hydrogens is 456 g/mol. The molecule has 9 heteroatoms. The third-order valence-electron chi connectivity index (χ3n) is 4.29. The van der Waals surface area contributed by atoms with Gasteiger partial charge in [0.2, 0.25) is 0 Å². The lowest BCUT2D eigenvalue weighted by Crippen LogP contribution is -2.25. The lowest BCUT2D eigenvalue weighted by molar-refractivity contribution is -0.119. The van der Waals surface area contributed by atoms with Crippen LogP contribution in [-0.2, 0) is 11.4 Å². The minimum atomic E-state index is -0.350. The second-order valence-corrected chi connectivity index (χ2v) is 7.43. The van der Waals surface area contributed by atoms with Crippen molar-refractivity contribution in [3.63, 3.8) is 0 Å². The number of rotatable bonds is 9. The van der Waals surface area contributed by atoms with Crippen LogP contribution < -0.4 is 20.2 Å². The number of hydrogen-bond acceptors (Lipinski definition) is 5. The summed E-state index contributed by atoms with van der Waals surface area (Å²) in [5, 5.41) is 7.88. The molecule has 0 aromatic heterocycles. The van der Waals surface area contributed by atoms with Crippen molar-refractivity contribution in [3.05, 3.63) is 87.7 Å². The molecule has 0 aliphatic rings. The van der Waals surface area contributed by atoms with E-state index in [1.54, 1.807) is 48.5 Å². The van der Waals surface area contributed by atoms with E-state index in [2.05, 4.69) is 15.8 Å². The van der Waals surface area contributed by atoms with Crippen LogP contribution in [0.2, 0.25) is 10.0 Å². The fraction of sp³-hybridized carbons (Fsp3) is 0.130. The highest BCUT2D eigenvalue weighted by Gasteiger charge is 2.08. The number of carbonyl (C=O) groups excluding carboxylic acids is 1. The summed E-state index contributed by atoms with van der Waals surface area (Å²) in [6, 6.07) is 16.1. The van der Waals surface area contributed by atoms with Crippen molar-refractivity contribution in [2.75, 3.05) is 19.0 Å². The van der Waals surface area contributed by atoms with Crippen molar-refractivity contribution in [1.29, 1.82) is 0 Å². The van der Waals surface area contributed by atoms with Crippen molar-refractivity contribution in [3.8, 4) is 11.5 Å². The first-order chi connectivity index (χ1) is 15.4. The summed E-state index contributed by atoms with van der Waals surface area (Å²) >= 11 is 12.1. The fourth-order valence-corrected chi connectivity index (χ4v) is 3.11. The molecule has 0 bridgehead atoms. The summed E-state index contributed by atoms with van der Waals surface area (Å²) in [5.74, 6) is 0.342. The van der Waals surface area contributed by atoms with Gasteiger partial charge in [0, 0.05) is 21.3 Å². The van der Waals surface area contributed by atoms with Crippen LogP contribution in [-0.4, -0.2) is 25.8 Å². The molecule has 0 heterocycles. The van der Waals surface area contributed by atoms with Crippen LogP contribution in [0.15, 0.2) is 65.8 Å². The van der Waals surface area contributed by atoms with Crippen LogP contribution >= 0.6 is 23.2 Å². The molecule has 0 unspecified atom stereocenters. The second-order valence-electron chi connectivity index (χ2n) is 6.59. The van der Waals surface area contributed by atoms with E-state index >= 15 is 0 Å². The van der Waals surface area contributed by atoms with Crippen LogP contribution in [0.1, 0.15) is 11.1 Å². The summed E-state index contributed by atoms with van der Waals surface area (Å²) < 4.78 is 24.1. The Balaban J connectivity index is 1.53. The Bertz CT molecular complexity index is 1110. The van der Waals surface area contributed by atoms with Gasteiger partial charge in [-0.15, -0.1) is 0 Å². The first kappa shape index (κ1) is 23.4. The number of anilines is 1. The van der Waals surface area contributed by atoms with Gasteiger partial charge in [-0.05, 0) is 60.2 Å². The number of hydrazone groups is 1. The number of halogens is 3. The Labute approximate surface area is 194 Å². The number of nitrogens with one attached hydrogen (secondary N) is 2. The second kappa shape index (κ2) is 11.4. The molecule has 3 aromatic carbocycles. The molecule has 32 heavy (non-hydrogen) atoms. The highest BCUT2D eigenvalue weighted by molar-refractivity contribution is 6.35. The Morgan fingerprint density at radius 1 is 1.06 bits per heavy atom. The number of nitrogens with zero attached hydrogens (tertiary/aromatic N) is 1. The standard InChI is InChI=1S/C23H20Cl2FN3O3/c1-31-22-10-15(2-9-21(22)32-14-16-3-4-17(24)11-20(16)25)12-28-29-23(30)13-27-19-7-5-18(26)6-8-19/h2-12,27H,13-14H2,1H3,(H,29,30)/b28-12-. The quantitative estimate of drug-likeness (QED) is 0.326.